The molecule has 19 heavy (non-hydrogen) atoms. The number of hydrogen-bond acceptors (Lipinski definition) is 2. The van der Waals surface area contributed by atoms with Crippen molar-refractivity contribution in [1.82, 2.24) is 0 Å². The Kier molecular flexibility index (Phi) is 5.03. The van der Waals surface area contributed by atoms with Gasteiger partial charge in [0, 0.05) is 11.5 Å². The van der Waals surface area contributed by atoms with Gasteiger partial charge in [-0.1, -0.05) is 20.3 Å². The van der Waals surface area contributed by atoms with E-state index in [9.17, 15) is 4.79 Å². The van der Waals surface area contributed by atoms with Crippen LogP contribution in [0.1, 0.15) is 49.9 Å². The minimum Gasteiger partial charge on any atom is -0.492 e. The van der Waals surface area contributed by atoms with Gasteiger partial charge in [0.25, 0.3) is 0 Å². The molecule has 1 aromatic carbocycles. The van der Waals surface area contributed by atoms with Gasteiger partial charge in [-0.05, 0) is 59.3 Å². The fourth-order valence-electron chi connectivity index (χ4n) is 2.73. The minimum absolute atomic E-state index is 0.203. The van der Waals surface area contributed by atoms with Crippen LogP contribution < -0.4 is 4.74 Å². The van der Waals surface area contributed by atoms with Crippen molar-refractivity contribution in [2.75, 3.05) is 6.61 Å². The second-order valence-electron chi connectivity index (χ2n) is 5.37. The Balaban J connectivity index is 2.12. The average molecular weight is 325 g/mol. The zero-order valence-electron chi connectivity index (χ0n) is 11.6. The molecule has 0 bridgehead atoms. The molecule has 1 saturated carbocycles. The monoisotopic (exact) mass is 324 g/mol. The summed E-state index contributed by atoms with van der Waals surface area (Å²) in [7, 11) is 0. The molecule has 0 spiro atoms. The second kappa shape index (κ2) is 6.56. The fraction of sp³-hybridized carbons (Fsp3) is 0.562. The molecule has 2 atom stereocenters. The largest absolute Gasteiger partial charge is 0.492 e. The van der Waals surface area contributed by atoms with Gasteiger partial charge in [0.2, 0.25) is 0 Å². The lowest BCUT2D eigenvalue weighted by Crippen LogP contribution is -2.17. The Morgan fingerprint density at radius 3 is 2.79 bits per heavy atom. The van der Waals surface area contributed by atoms with E-state index in [1.54, 1.807) is 0 Å². The molecular weight excluding hydrogens is 304 g/mol. The first-order chi connectivity index (χ1) is 9.13. The highest BCUT2D eigenvalue weighted by Crippen LogP contribution is 2.35. The third-order valence-electron chi connectivity index (χ3n) is 3.88. The van der Waals surface area contributed by atoms with Crippen molar-refractivity contribution < 1.29 is 9.53 Å². The lowest BCUT2D eigenvalue weighted by atomic mass is 9.90. The van der Waals surface area contributed by atoms with Crippen molar-refractivity contribution in [3.05, 3.63) is 28.2 Å². The predicted molar refractivity (Wildman–Crippen MR) is 80.8 cm³/mol. The van der Waals surface area contributed by atoms with Gasteiger partial charge in [0.15, 0.2) is 5.78 Å². The SMILES string of the molecule is CCCOc1ccc(C(=O)C2CCCC2C)cc1Br. The van der Waals surface area contributed by atoms with Crippen LogP contribution in [-0.4, -0.2) is 12.4 Å². The Morgan fingerprint density at radius 2 is 2.21 bits per heavy atom. The zero-order chi connectivity index (χ0) is 13.8. The molecule has 0 amide bonds. The van der Waals surface area contributed by atoms with Gasteiger partial charge < -0.3 is 4.74 Å². The summed E-state index contributed by atoms with van der Waals surface area (Å²) < 4.78 is 6.48. The van der Waals surface area contributed by atoms with E-state index in [2.05, 4.69) is 29.8 Å². The molecule has 3 heteroatoms. The van der Waals surface area contributed by atoms with Crippen LogP contribution in [0, 0.1) is 11.8 Å². The summed E-state index contributed by atoms with van der Waals surface area (Å²) in [5.74, 6) is 1.82. The Labute approximate surface area is 123 Å². The number of carbonyl (C=O) groups excluding carboxylic acids is 1. The summed E-state index contributed by atoms with van der Waals surface area (Å²) in [4.78, 5) is 12.5. The molecule has 104 valence electrons. The zero-order valence-corrected chi connectivity index (χ0v) is 13.2. The van der Waals surface area contributed by atoms with E-state index >= 15 is 0 Å². The maximum Gasteiger partial charge on any atom is 0.166 e. The highest BCUT2D eigenvalue weighted by Gasteiger charge is 2.30. The third kappa shape index (κ3) is 3.38. The summed E-state index contributed by atoms with van der Waals surface area (Å²) in [5.41, 5.74) is 0.800. The van der Waals surface area contributed by atoms with E-state index in [1.807, 2.05) is 18.2 Å². The molecule has 1 aromatic rings. The molecule has 0 radical (unpaired) electrons. The molecule has 2 unspecified atom stereocenters. The minimum atomic E-state index is 0.203. The summed E-state index contributed by atoms with van der Waals surface area (Å²) in [5, 5.41) is 0. The summed E-state index contributed by atoms with van der Waals surface area (Å²) in [6.45, 7) is 4.96. The highest BCUT2D eigenvalue weighted by atomic mass is 79.9. The Morgan fingerprint density at radius 1 is 1.42 bits per heavy atom. The molecule has 1 fully saturated rings. The molecule has 2 nitrogen and oxygen atoms in total. The number of hydrogen-bond donors (Lipinski definition) is 0. The van der Waals surface area contributed by atoms with E-state index in [0.29, 0.717) is 12.5 Å². The molecule has 1 aliphatic rings. The van der Waals surface area contributed by atoms with Crippen LogP contribution in [-0.2, 0) is 0 Å². The van der Waals surface area contributed by atoms with Gasteiger partial charge in [-0.2, -0.15) is 0 Å². The van der Waals surface area contributed by atoms with Crippen LogP contribution in [0.15, 0.2) is 22.7 Å². The summed E-state index contributed by atoms with van der Waals surface area (Å²) in [6, 6.07) is 5.69. The molecule has 0 aromatic heterocycles. The van der Waals surface area contributed by atoms with Gasteiger partial charge in [0.05, 0.1) is 11.1 Å². The van der Waals surface area contributed by atoms with E-state index in [1.165, 1.54) is 12.8 Å². The Bertz CT molecular complexity index is 456. The maximum absolute atomic E-state index is 12.5. The van der Waals surface area contributed by atoms with E-state index < -0.39 is 0 Å². The van der Waals surface area contributed by atoms with Gasteiger partial charge in [-0.15, -0.1) is 0 Å². The van der Waals surface area contributed by atoms with E-state index in [0.717, 1.165) is 28.6 Å². The maximum atomic E-state index is 12.5. The topological polar surface area (TPSA) is 26.3 Å². The molecular formula is C16H21BrO2. The van der Waals surface area contributed by atoms with Crippen LogP contribution in [0.5, 0.6) is 5.75 Å². The van der Waals surface area contributed by atoms with Crippen molar-refractivity contribution in [1.29, 1.82) is 0 Å². The summed E-state index contributed by atoms with van der Waals surface area (Å²) >= 11 is 3.49. The number of rotatable bonds is 5. The lowest BCUT2D eigenvalue weighted by Gasteiger charge is -2.15. The second-order valence-corrected chi connectivity index (χ2v) is 6.23. The average Bonchev–Trinajstić information content (AvgIpc) is 2.82. The molecule has 2 rings (SSSR count). The van der Waals surface area contributed by atoms with Crippen LogP contribution >= 0.6 is 15.9 Å². The van der Waals surface area contributed by atoms with Gasteiger partial charge in [0.1, 0.15) is 5.75 Å². The number of carbonyl (C=O) groups is 1. The number of ketones is 1. The lowest BCUT2D eigenvalue weighted by molar-refractivity contribution is 0.0897. The number of Topliss-reactive ketones (excluding diaryl/α,β-unsaturated/α-hetero) is 1. The molecule has 1 aliphatic carbocycles. The van der Waals surface area contributed by atoms with Gasteiger partial charge in [-0.3, -0.25) is 4.79 Å². The normalized spacial score (nSPS) is 22.5. The quantitative estimate of drug-likeness (QED) is 0.723. The van der Waals surface area contributed by atoms with Crippen molar-refractivity contribution in [3.63, 3.8) is 0 Å². The van der Waals surface area contributed by atoms with Crippen molar-refractivity contribution in [2.45, 2.75) is 39.5 Å². The molecule has 0 heterocycles. The fourth-order valence-corrected chi connectivity index (χ4v) is 3.23. The standard InChI is InChI=1S/C16H21BrO2/c1-3-9-19-15-8-7-12(10-14(15)17)16(18)13-6-4-5-11(13)2/h7-8,10-11,13H,3-6,9H2,1-2H3. The van der Waals surface area contributed by atoms with Crippen molar-refractivity contribution in [2.24, 2.45) is 11.8 Å². The Hall–Kier alpha value is -0.830. The first-order valence-electron chi connectivity index (χ1n) is 7.10. The first kappa shape index (κ1) is 14.6. The third-order valence-corrected chi connectivity index (χ3v) is 4.50. The van der Waals surface area contributed by atoms with Crippen LogP contribution in [0.2, 0.25) is 0 Å². The molecule has 0 N–H and O–H groups in total. The number of ether oxygens (including phenoxy) is 1. The van der Waals surface area contributed by atoms with Crippen molar-refractivity contribution in [3.8, 4) is 5.75 Å². The number of benzene rings is 1. The predicted octanol–water partition coefficient (Wildman–Crippen LogP) is 4.86. The van der Waals surface area contributed by atoms with Crippen LogP contribution in [0.25, 0.3) is 0 Å². The van der Waals surface area contributed by atoms with Gasteiger partial charge >= 0.3 is 0 Å². The molecule has 0 saturated heterocycles. The van der Waals surface area contributed by atoms with Crippen molar-refractivity contribution >= 4 is 21.7 Å². The van der Waals surface area contributed by atoms with Gasteiger partial charge in [-0.25, -0.2) is 0 Å². The first-order valence-corrected chi connectivity index (χ1v) is 7.89. The van der Waals surface area contributed by atoms with Crippen LogP contribution in [0.3, 0.4) is 0 Å². The number of halogens is 1. The summed E-state index contributed by atoms with van der Waals surface area (Å²) in [6.07, 6.45) is 4.37. The van der Waals surface area contributed by atoms with E-state index in [4.69, 9.17) is 4.74 Å². The van der Waals surface area contributed by atoms with E-state index in [-0.39, 0.29) is 11.7 Å². The highest BCUT2D eigenvalue weighted by molar-refractivity contribution is 9.10. The smallest absolute Gasteiger partial charge is 0.166 e. The van der Waals surface area contributed by atoms with Crippen LogP contribution in [0.4, 0.5) is 0 Å². The molecule has 0 aliphatic heterocycles.